The fourth-order valence-electron chi connectivity index (χ4n) is 3.26. The maximum absolute atomic E-state index is 8.12. The summed E-state index contributed by atoms with van der Waals surface area (Å²) in [7, 11) is 2.27. The van der Waals surface area contributed by atoms with E-state index < -0.39 is 0 Å². The third-order valence-electron chi connectivity index (χ3n) is 4.12. The SMILES string of the molecule is CN1CC2C=CC1C(C(I)c1ccccc1)C2.O=C=O. The van der Waals surface area contributed by atoms with Gasteiger partial charge in [-0.25, -0.2) is 0 Å². The lowest BCUT2D eigenvalue weighted by molar-refractivity contribution is -0.191. The van der Waals surface area contributed by atoms with Gasteiger partial charge >= 0.3 is 6.15 Å². The highest BCUT2D eigenvalue weighted by molar-refractivity contribution is 14.1. The quantitative estimate of drug-likeness (QED) is 0.448. The second kappa shape index (κ2) is 7.16. The first-order valence-corrected chi connectivity index (χ1v) is 7.98. The van der Waals surface area contributed by atoms with Gasteiger partial charge in [0.2, 0.25) is 0 Å². The van der Waals surface area contributed by atoms with Gasteiger partial charge < -0.3 is 0 Å². The fraction of sp³-hybridized carbons (Fsp3) is 0.438. The number of benzene rings is 1. The van der Waals surface area contributed by atoms with Crippen LogP contribution in [0.4, 0.5) is 0 Å². The summed E-state index contributed by atoms with van der Waals surface area (Å²) in [6.07, 6.45) is 6.46. The molecule has 2 heterocycles. The summed E-state index contributed by atoms with van der Waals surface area (Å²) in [4.78, 5) is 18.8. The van der Waals surface area contributed by atoms with Crippen molar-refractivity contribution < 1.29 is 9.59 Å². The summed E-state index contributed by atoms with van der Waals surface area (Å²) in [5, 5.41) is 0. The first-order valence-electron chi connectivity index (χ1n) is 6.74. The monoisotopic (exact) mass is 383 g/mol. The van der Waals surface area contributed by atoms with E-state index in [1.807, 2.05) is 0 Å². The molecule has 3 aliphatic rings. The van der Waals surface area contributed by atoms with E-state index in [-0.39, 0.29) is 6.15 Å². The molecule has 4 heteroatoms. The summed E-state index contributed by atoms with van der Waals surface area (Å²) >= 11 is 2.64. The highest BCUT2D eigenvalue weighted by Gasteiger charge is 2.39. The number of rotatable bonds is 2. The van der Waals surface area contributed by atoms with Gasteiger partial charge in [-0.2, -0.15) is 9.59 Å². The molecule has 1 saturated heterocycles. The number of carbonyl (C=O) groups excluding carboxylic acids is 2. The van der Waals surface area contributed by atoms with Crippen molar-refractivity contribution in [3.63, 3.8) is 0 Å². The average molecular weight is 383 g/mol. The number of halogens is 1. The Morgan fingerprint density at radius 3 is 2.45 bits per heavy atom. The van der Waals surface area contributed by atoms with Crippen molar-refractivity contribution >= 4 is 28.7 Å². The highest BCUT2D eigenvalue weighted by Crippen LogP contribution is 2.44. The van der Waals surface area contributed by atoms with Crippen molar-refractivity contribution in [3.8, 4) is 0 Å². The molecule has 0 N–H and O–H groups in total. The molecule has 0 aromatic heterocycles. The minimum atomic E-state index is 0.250. The van der Waals surface area contributed by atoms with E-state index in [4.69, 9.17) is 9.59 Å². The molecule has 0 amide bonds. The first kappa shape index (κ1) is 15.4. The Hall–Kier alpha value is -0.970. The van der Waals surface area contributed by atoms with Crippen LogP contribution in [0.25, 0.3) is 0 Å². The summed E-state index contributed by atoms with van der Waals surface area (Å²) < 4.78 is 0.633. The van der Waals surface area contributed by atoms with E-state index in [2.05, 4.69) is 77.0 Å². The van der Waals surface area contributed by atoms with Gasteiger partial charge in [0.05, 0.1) is 0 Å². The lowest BCUT2D eigenvalue weighted by Crippen LogP contribution is -2.49. The number of fused-ring (bicyclic) bond motifs is 2. The standard InChI is InChI=1S/C15H18IN.CO2/c1-17-10-11-7-8-14(17)13(9-11)15(16)12-5-3-2-4-6-12;2-1-3/h2-8,11,13-15H,9-10H2,1H3;. The van der Waals surface area contributed by atoms with E-state index in [0.29, 0.717) is 9.97 Å². The van der Waals surface area contributed by atoms with Crippen LogP contribution >= 0.6 is 22.6 Å². The van der Waals surface area contributed by atoms with Gasteiger partial charge in [-0.3, -0.25) is 4.90 Å². The van der Waals surface area contributed by atoms with Crippen molar-refractivity contribution in [1.82, 2.24) is 4.90 Å². The number of hydrogen-bond donors (Lipinski definition) is 0. The zero-order valence-electron chi connectivity index (χ0n) is 11.4. The number of piperidine rings is 1. The molecule has 20 heavy (non-hydrogen) atoms. The smallest absolute Gasteiger partial charge is 0.299 e. The van der Waals surface area contributed by atoms with Crippen LogP contribution in [0.15, 0.2) is 42.5 Å². The maximum atomic E-state index is 8.12. The molecule has 4 atom stereocenters. The van der Waals surface area contributed by atoms with Gasteiger partial charge in [-0.15, -0.1) is 0 Å². The number of hydrogen-bond acceptors (Lipinski definition) is 3. The van der Waals surface area contributed by atoms with Crippen LogP contribution in [0.1, 0.15) is 15.9 Å². The topological polar surface area (TPSA) is 37.4 Å². The second-order valence-corrected chi connectivity index (χ2v) is 6.71. The molecule has 2 aliphatic heterocycles. The maximum Gasteiger partial charge on any atom is 0.373 e. The predicted octanol–water partition coefficient (Wildman–Crippen LogP) is 3.09. The lowest BCUT2D eigenvalue weighted by Gasteiger charge is -2.46. The molecule has 1 aromatic rings. The lowest BCUT2D eigenvalue weighted by atomic mass is 9.75. The number of likely N-dealkylation sites (N-methyl/N-ethyl adjacent to an activating group) is 1. The third-order valence-corrected chi connectivity index (χ3v) is 5.76. The average Bonchev–Trinajstić information content (AvgIpc) is 2.48. The molecular formula is C16H18INO2. The second-order valence-electron chi connectivity index (χ2n) is 5.37. The van der Waals surface area contributed by atoms with Gasteiger partial charge in [0.15, 0.2) is 0 Å². The Balaban J connectivity index is 0.000000452. The van der Waals surface area contributed by atoms with Crippen molar-refractivity contribution in [2.75, 3.05) is 13.6 Å². The van der Waals surface area contributed by atoms with E-state index in [1.165, 1.54) is 18.5 Å². The van der Waals surface area contributed by atoms with Crippen LogP contribution in [-0.4, -0.2) is 30.7 Å². The Labute approximate surface area is 133 Å². The molecule has 2 bridgehead atoms. The minimum absolute atomic E-state index is 0.250. The van der Waals surface area contributed by atoms with Crippen LogP contribution in [0.2, 0.25) is 0 Å². The predicted molar refractivity (Wildman–Crippen MR) is 85.4 cm³/mol. The summed E-state index contributed by atoms with van der Waals surface area (Å²) in [6.45, 7) is 1.25. The molecule has 1 aromatic carbocycles. The number of alkyl halides is 1. The van der Waals surface area contributed by atoms with E-state index in [9.17, 15) is 0 Å². The zero-order valence-corrected chi connectivity index (χ0v) is 13.6. The molecule has 1 aliphatic carbocycles. The molecule has 106 valence electrons. The van der Waals surface area contributed by atoms with Gasteiger partial charge in [-0.05, 0) is 30.9 Å². The first-order chi connectivity index (χ1) is 9.67. The van der Waals surface area contributed by atoms with Gasteiger partial charge in [-0.1, -0.05) is 65.1 Å². The number of nitrogens with zero attached hydrogens (tertiary/aromatic N) is 1. The van der Waals surface area contributed by atoms with Gasteiger partial charge in [0.25, 0.3) is 0 Å². The highest BCUT2D eigenvalue weighted by atomic mass is 127. The molecular weight excluding hydrogens is 365 g/mol. The largest absolute Gasteiger partial charge is 0.373 e. The normalized spacial score (nSPS) is 29.2. The van der Waals surface area contributed by atoms with Crippen molar-refractivity contribution in [2.45, 2.75) is 16.4 Å². The Morgan fingerprint density at radius 2 is 1.90 bits per heavy atom. The zero-order chi connectivity index (χ0) is 14.5. The van der Waals surface area contributed by atoms with Crippen molar-refractivity contribution in [3.05, 3.63) is 48.0 Å². The molecule has 3 nitrogen and oxygen atoms in total. The molecule has 0 saturated carbocycles. The van der Waals surface area contributed by atoms with E-state index in [0.717, 1.165) is 11.8 Å². The third kappa shape index (κ3) is 3.37. The van der Waals surface area contributed by atoms with Crippen molar-refractivity contribution in [2.24, 2.45) is 11.8 Å². The van der Waals surface area contributed by atoms with Crippen LogP contribution in [0, 0.1) is 11.8 Å². The van der Waals surface area contributed by atoms with Gasteiger partial charge in [0, 0.05) is 16.5 Å². The van der Waals surface area contributed by atoms with Crippen LogP contribution in [-0.2, 0) is 9.59 Å². The summed E-state index contributed by atoms with van der Waals surface area (Å²) in [5.74, 6) is 1.54. The molecule has 1 fully saturated rings. The Kier molecular flexibility index (Phi) is 5.52. The summed E-state index contributed by atoms with van der Waals surface area (Å²) in [5.41, 5.74) is 1.48. The Morgan fingerprint density at radius 1 is 1.25 bits per heavy atom. The minimum Gasteiger partial charge on any atom is -0.299 e. The van der Waals surface area contributed by atoms with Gasteiger partial charge in [0.1, 0.15) is 0 Å². The fourth-order valence-corrected chi connectivity index (χ4v) is 4.39. The Bertz CT molecular complexity index is 496. The molecule has 0 spiro atoms. The molecule has 0 radical (unpaired) electrons. The molecule has 4 unspecified atom stereocenters. The van der Waals surface area contributed by atoms with E-state index >= 15 is 0 Å². The molecule has 4 rings (SSSR count). The van der Waals surface area contributed by atoms with Crippen molar-refractivity contribution in [1.29, 1.82) is 0 Å². The van der Waals surface area contributed by atoms with Crippen LogP contribution in [0.5, 0.6) is 0 Å². The van der Waals surface area contributed by atoms with Crippen LogP contribution < -0.4 is 0 Å². The van der Waals surface area contributed by atoms with Crippen LogP contribution in [0.3, 0.4) is 0 Å². The summed E-state index contributed by atoms with van der Waals surface area (Å²) in [6, 6.07) is 11.6. The van der Waals surface area contributed by atoms with E-state index in [1.54, 1.807) is 0 Å².